The van der Waals surface area contributed by atoms with E-state index < -0.39 is 24.3 Å². The van der Waals surface area contributed by atoms with Gasteiger partial charge < -0.3 is 24.1 Å². The number of ether oxygens (including phenoxy) is 3. The van der Waals surface area contributed by atoms with Crippen molar-refractivity contribution in [2.45, 2.75) is 6.61 Å². The van der Waals surface area contributed by atoms with Crippen LogP contribution in [0.25, 0.3) is 11.4 Å². The third-order valence-electron chi connectivity index (χ3n) is 4.76. The minimum atomic E-state index is -0.709. The molecule has 0 spiro atoms. The summed E-state index contributed by atoms with van der Waals surface area (Å²) >= 11 is 0. The minimum absolute atomic E-state index is 0.0300. The molecule has 0 saturated heterocycles. The number of carbonyl (C=O) groups excluding carboxylic acids is 2. The Bertz CT molecular complexity index is 1320. The summed E-state index contributed by atoms with van der Waals surface area (Å²) in [5.74, 6) is -0.603. The number of hydrogen-bond donors (Lipinski definition) is 1. The first kappa shape index (κ1) is 23.4. The van der Waals surface area contributed by atoms with Crippen LogP contribution in [0.2, 0.25) is 0 Å². The lowest BCUT2D eigenvalue weighted by Gasteiger charge is -2.11. The fourth-order valence-corrected chi connectivity index (χ4v) is 3.03. The molecule has 1 amide bonds. The number of benzene rings is 3. The third kappa shape index (κ3) is 5.99. The largest absolute Gasteiger partial charge is 0.497 e. The second kappa shape index (κ2) is 10.9. The molecule has 0 fully saturated rings. The molecule has 178 valence electrons. The van der Waals surface area contributed by atoms with Crippen LogP contribution in [0.3, 0.4) is 0 Å². The molecule has 1 heterocycles. The summed E-state index contributed by atoms with van der Waals surface area (Å²) in [4.78, 5) is 29.0. The van der Waals surface area contributed by atoms with Crippen LogP contribution in [0.4, 0.5) is 10.1 Å². The second-order valence-corrected chi connectivity index (χ2v) is 7.13. The number of rotatable bonds is 9. The number of anilines is 1. The molecule has 0 atom stereocenters. The van der Waals surface area contributed by atoms with Gasteiger partial charge >= 0.3 is 5.97 Å². The van der Waals surface area contributed by atoms with Gasteiger partial charge in [0.25, 0.3) is 11.8 Å². The van der Waals surface area contributed by atoms with Crippen LogP contribution in [0.5, 0.6) is 11.5 Å². The van der Waals surface area contributed by atoms with E-state index in [0.29, 0.717) is 17.1 Å². The van der Waals surface area contributed by atoms with Gasteiger partial charge in [-0.25, -0.2) is 9.18 Å². The summed E-state index contributed by atoms with van der Waals surface area (Å²) < 4.78 is 34.7. The highest BCUT2D eigenvalue weighted by atomic mass is 19.1. The van der Waals surface area contributed by atoms with Crippen LogP contribution in [-0.2, 0) is 16.1 Å². The van der Waals surface area contributed by atoms with Gasteiger partial charge in [0.1, 0.15) is 22.9 Å². The number of halogens is 1. The van der Waals surface area contributed by atoms with E-state index >= 15 is 0 Å². The highest BCUT2D eigenvalue weighted by Crippen LogP contribution is 2.22. The van der Waals surface area contributed by atoms with Crippen LogP contribution in [-0.4, -0.2) is 35.7 Å². The van der Waals surface area contributed by atoms with Crippen molar-refractivity contribution in [3.8, 4) is 22.9 Å². The molecule has 4 rings (SSSR count). The van der Waals surface area contributed by atoms with Crippen molar-refractivity contribution in [2.24, 2.45) is 0 Å². The summed E-state index contributed by atoms with van der Waals surface area (Å²) in [5, 5.41) is 6.29. The van der Waals surface area contributed by atoms with Gasteiger partial charge in [-0.1, -0.05) is 29.4 Å². The molecule has 1 aromatic heterocycles. The van der Waals surface area contributed by atoms with Crippen LogP contribution in [0.1, 0.15) is 16.2 Å². The van der Waals surface area contributed by atoms with Gasteiger partial charge in [0.05, 0.1) is 12.8 Å². The number of nitrogens with zero attached hydrogens (tertiary/aromatic N) is 2. The Hall–Kier alpha value is -4.73. The number of methoxy groups -OCH3 is 1. The van der Waals surface area contributed by atoms with Gasteiger partial charge in [0, 0.05) is 5.56 Å². The van der Waals surface area contributed by atoms with E-state index in [4.69, 9.17) is 18.7 Å². The molecule has 0 radical (unpaired) electrons. The quantitative estimate of drug-likeness (QED) is 0.356. The molecular weight excluding hydrogens is 457 g/mol. The molecule has 0 unspecified atom stereocenters. The number of hydrogen-bond acceptors (Lipinski definition) is 8. The number of para-hydroxylation sites is 2. The first-order chi connectivity index (χ1) is 17.0. The lowest BCUT2D eigenvalue weighted by molar-refractivity contribution is -0.118. The van der Waals surface area contributed by atoms with Crippen molar-refractivity contribution >= 4 is 17.6 Å². The molecule has 0 aliphatic rings. The van der Waals surface area contributed by atoms with Crippen molar-refractivity contribution in [3.05, 3.63) is 90.1 Å². The Morgan fingerprint density at radius 1 is 1.00 bits per heavy atom. The highest BCUT2D eigenvalue weighted by Gasteiger charge is 2.17. The molecule has 35 heavy (non-hydrogen) atoms. The summed E-state index contributed by atoms with van der Waals surface area (Å²) in [6.07, 6.45) is 0. The Balaban J connectivity index is 1.34. The molecule has 4 aromatic rings. The Morgan fingerprint density at radius 2 is 1.74 bits per heavy atom. The molecule has 9 nitrogen and oxygen atoms in total. The fraction of sp³-hybridized carbons (Fsp3) is 0.120. The Kier molecular flexibility index (Phi) is 7.31. The summed E-state index contributed by atoms with van der Waals surface area (Å²) in [5.41, 5.74) is 0.836. The monoisotopic (exact) mass is 477 g/mol. The van der Waals surface area contributed by atoms with E-state index in [1.54, 1.807) is 49.6 Å². The second-order valence-electron chi connectivity index (χ2n) is 7.13. The predicted octanol–water partition coefficient (Wildman–Crippen LogP) is 4.26. The average Bonchev–Trinajstić information content (AvgIpc) is 3.37. The molecule has 10 heteroatoms. The van der Waals surface area contributed by atoms with E-state index in [-0.39, 0.29) is 29.5 Å². The first-order valence-corrected chi connectivity index (χ1v) is 10.4. The molecule has 0 aliphatic carbocycles. The van der Waals surface area contributed by atoms with Crippen molar-refractivity contribution in [1.29, 1.82) is 0 Å². The molecule has 0 aliphatic heterocycles. The molecule has 0 bridgehead atoms. The third-order valence-corrected chi connectivity index (χ3v) is 4.76. The summed E-state index contributed by atoms with van der Waals surface area (Å²) in [6, 6.07) is 19.1. The SMILES string of the molecule is COc1ccc(-c2noc(COC(=O)c3ccccc3OCC(=O)Nc3ccccc3F)n2)cc1. The van der Waals surface area contributed by atoms with Gasteiger partial charge in [-0.15, -0.1) is 0 Å². The van der Waals surface area contributed by atoms with Crippen molar-refractivity contribution in [2.75, 3.05) is 19.0 Å². The highest BCUT2D eigenvalue weighted by molar-refractivity contribution is 5.94. The maximum Gasteiger partial charge on any atom is 0.342 e. The fourth-order valence-electron chi connectivity index (χ4n) is 3.03. The van der Waals surface area contributed by atoms with Gasteiger partial charge in [-0.3, -0.25) is 4.79 Å². The van der Waals surface area contributed by atoms with Crippen LogP contribution >= 0.6 is 0 Å². The predicted molar refractivity (Wildman–Crippen MR) is 122 cm³/mol. The number of carbonyl (C=O) groups is 2. The summed E-state index contributed by atoms with van der Waals surface area (Å²) in [7, 11) is 1.57. The van der Waals surface area contributed by atoms with E-state index in [2.05, 4.69) is 15.5 Å². The van der Waals surface area contributed by atoms with E-state index in [9.17, 15) is 14.0 Å². The lowest BCUT2D eigenvalue weighted by atomic mass is 10.2. The molecule has 0 saturated carbocycles. The van der Waals surface area contributed by atoms with E-state index in [1.165, 1.54) is 30.3 Å². The van der Waals surface area contributed by atoms with Crippen molar-refractivity contribution in [1.82, 2.24) is 10.1 Å². The number of aromatic nitrogens is 2. The summed E-state index contributed by atoms with van der Waals surface area (Å²) in [6.45, 7) is -0.697. The van der Waals surface area contributed by atoms with Crippen LogP contribution in [0.15, 0.2) is 77.3 Å². The maximum atomic E-state index is 13.7. The molecule has 3 aromatic carbocycles. The maximum absolute atomic E-state index is 13.7. The normalized spacial score (nSPS) is 10.5. The van der Waals surface area contributed by atoms with E-state index in [0.717, 1.165) is 0 Å². The van der Waals surface area contributed by atoms with Gasteiger partial charge in [0.2, 0.25) is 5.82 Å². The van der Waals surface area contributed by atoms with Crippen molar-refractivity contribution < 1.29 is 32.7 Å². The molecular formula is C25H20FN3O6. The van der Waals surface area contributed by atoms with Gasteiger partial charge in [0.15, 0.2) is 13.2 Å². The smallest absolute Gasteiger partial charge is 0.342 e. The first-order valence-electron chi connectivity index (χ1n) is 10.4. The average molecular weight is 477 g/mol. The zero-order chi connectivity index (χ0) is 24.6. The number of nitrogens with one attached hydrogen (secondary N) is 1. The number of esters is 1. The van der Waals surface area contributed by atoms with Crippen molar-refractivity contribution in [3.63, 3.8) is 0 Å². The lowest BCUT2D eigenvalue weighted by Crippen LogP contribution is -2.21. The van der Waals surface area contributed by atoms with Gasteiger partial charge in [-0.2, -0.15) is 4.98 Å². The Labute approximate surface area is 199 Å². The van der Waals surface area contributed by atoms with E-state index in [1.807, 2.05) is 0 Å². The molecule has 1 N–H and O–H groups in total. The topological polar surface area (TPSA) is 113 Å². The zero-order valence-electron chi connectivity index (χ0n) is 18.6. The standard InChI is InChI=1S/C25H20FN3O6/c1-32-17-12-10-16(11-13-17)24-28-23(35-29-24)15-34-25(31)18-6-2-5-9-21(18)33-14-22(30)27-20-8-4-3-7-19(20)26/h2-13H,14-15H2,1H3,(H,27,30). The number of amides is 1. The van der Waals surface area contributed by atoms with Gasteiger partial charge in [-0.05, 0) is 48.5 Å². The van der Waals surface area contributed by atoms with Crippen LogP contribution < -0.4 is 14.8 Å². The Morgan fingerprint density at radius 3 is 2.51 bits per heavy atom. The minimum Gasteiger partial charge on any atom is -0.497 e. The zero-order valence-corrected chi connectivity index (χ0v) is 18.6. The van der Waals surface area contributed by atoms with Crippen LogP contribution in [0, 0.1) is 5.82 Å².